The second kappa shape index (κ2) is 4.45. The molecule has 0 aliphatic rings. The first-order valence-corrected chi connectivity index (χ1v) is 5.64. The topological polar surface area (TPSA) is 12.9 Å². The summed E-state index contributed by atoms with van der Waals surface area (Å²) in [4.78, 5) is 5.26. The largest absolute Gasteiger partial charge is 0.253 e. The van der Waals surface area contributed by atoms with Gasteiger partial charge in [0.05, 0.1) is 5.51 Å². The molecule has 0 saturated heterocycles. The Hall–Kier alpha value is 0.210. The molecule has 1 nitrogen and oxygen atoms in total. The van der Waals surface area contributed by atoms with Crippen LogP contribution in [0, 0.1) is 5.41 Å². The van der Waals surface area contributed by atoms with Crippen molar-refractivity contribution in [1.29, 1.82) is 0 Å². The molecule has 1 heterocycles. The fourth-order valence-electron chi connectivity index (χ4n) is 0.880. The second-order valence-corrected chi connectivity index (χ2v) is 4.73. The van der Waals surface area contributed by atoms with Gasteiger partial charge in [-0.25, -0.2) is 0 Å². The summed E-state index contributed by atoms with van der Waals surface area (Å²) >= 11 is 13.3. The number of hydrogen-bond acceptors (Lipinski definition) is 2. The summed E-state index contributed by atoms with van der Waals surface area (Å²) < 4.78 is 0. The van der Waals surface area contributed by atoms with Gasteiger partial charge in [0.25, 0.3) is 0 Å². The van der Waals surface area contributed by atoms with E-state index in [1.54, 1.807) is 11.3 Å². The second-order valence-electron chi connectivity index (χ2n) is 3.22. The van der Waals surface area contributed by atoms with Crippen molar-refractivity contribution in [3.8, 4) is 0 Å². The third-order valence-electron chi connectivity index (χ3n) is 1.73. The van der Waals surface area contributed by atoms with Gasteiger partial charge in [-0.05, 0) is 11.8 Å². The van der Waals surface area contributed by atoms with Gasteiger partial charge in [0.2, 0.25) is 0 Å². The van der Waals surface area contributed by atoms with Crippen molar-refractivity contribution in [2.45, 2.75) is 13.3 Å². The molecule has 0 amide bonds. The van der Waals surface area contributed by atoms with E-state index in [9.17, 15) is 0 Å². The zero-order valence-corrected chi connectivity index (χ0v) is 9.22. The minimum absolute atomic E-state index is 0.00957. The first-order valence-electron chi connectivity index (χ1n) is 3.69. The van der Waals surface area contributed by atoms with Crippen LogP contribution >= 0.6 is 34.5 Å². The van der Waals surface area contributed by atoms with E-state index in [1.807, 2.05) is 11.7 Å². The van der Waals surface area contributed by atoms with Crippen LogP contribution in [0.5, 0.6) is 0 Å². The Balaban J connectivity index is 2.60. The van der Waals surface area contributed by atoms with Crippen LogP contribution in [0.1, 0.15) is 11.8 Å². The minimum Gasteiger partial charge on any atom is -0.253 e. The predicted molar refractivity (Wildman–Crippen MR) is 55.4 cm³/mol. The Labute approximate surface area is 86.7 Å². The van der Waals surface area contributed by atoms with E-state index >= 15 is 0 Å². The van der Waals surface area contributed by atoms with Crippen molar-refractivity contribution in [2.75, 3.05) is 11.8 Å². The Morgan fingerprint density at radius 1 is 1.50 bits per heavy atom. The van der Waals surface area contributed by atoms with Crippen LogP contribution in [0.25, 0.3) is 0 Å². The van der Waals surface area contributed by atoms with E-state index in [1.165, 1.54) is 4.88 Å². The predicted octanol–water partition coefficient (Wildman–Crippen LogP) is 3.17. The van der Waals surface area contributed by atoms with Crippen LogP contribution in [0.4, 0.5) is 0 Å². The number of aromatic nitrogens is 1. The maximum atomic E-state index is 5.83. The number of alkyl halides is 2. The fourth-order valence-corrected chi connectivity index (χ4v) is 2.17. The number of rotatable bonds is 4. The number of nitrogens with zero attached hydrogens (tertiary/aromatic N) is 1. The third kappa shape index (κ3) is 2.61. The van der Waals surface area contributed by atoms with Crippen molar-refractivity contribution in [2.24, 2.45) is 5.41 Å². The molecule has 0 saturated carbocycles. The molecule has 0 aromatic carbocycles. The molecule has 0 aliphatic carbocycles. The molecule has 1 aromatic rings. The zero-order chi connectivity index (χ0) is 9.03. The van der Waals surface area contributed by atoms with Crippen molar-refractivity contribution in [3.05, 3.63) is 16.6 Å². The lowest BCUT2D eigenvalue weighted by molar-refractivity contribution is 0.428. The number of hydrogen-bond donors (Lipinski definition) is 0. The van der Waals surface area contributed by atoms with Crippen molar-refractivity contribution in [1.82, 2.24) is 4.98 Å². The molecule has 68 valence electrons. The summed E-state index contributed by atoms with van der Waals surface area (Å²) in [6.45, 7) is 2.09. The minimum atomic E-state index is 0.00957. The number of thiazole rings is 1. The van der Waals surface area contributed by atoms with Crippen molar-refractivity contribution in [3.63, 3.8) is 0 Å². The fraction of sp³-hybridized carbons (Fsp3) is 0.625. The maximum absolute atomic E-state index is 5.83. The lowest BCUT2D eigenvalue weighted by Gasteiger charge is -2.22. The Kier molecular flexibility index (Phi) is 3.81. The molecule has 4 heteroatoms. The quantitative estimate of drug-likeness (QED) is 0.716. The molecule has 0 radical (unpaired) electrons. The first-order chi connectivity index (χ1) is 5.70. The summed E-state index contributed by atoms with van der Waals surface area (Å²) in [5.74, 6) is 1.18. The van der Waals surface area contributed by atoms with Gasteiger partial charge in [0, 0.05) is 22.8 Å². The van der Waals surface area contributed by atoms with Crippen molar-refractivity contribution >= 4 is 34.5 Å². The molecule has 0 aliphatic heterocycles. The van der Waals surface area contributed by atoms with E-state index in [0.717, 1.165) is 6.42 Å². The van der Waals surface area contributed by atoms with Gasteiger partial charge in [0.15, 0.2) is 0 Å². The molecule has 0 atom stereocenters. The Bertz CT molecular complexity index is 219. The van der Waals surface area contributed by atoms with Crippen molar-refractivity contribution < 1.29 is 0 Å². The molecule has 1 aromatic heterocycles. The molecule has 1 rings (SSSR count). The highest BCUT2D eigenvalue weighted by atomic mass is 35.5. The standard InChI is InChI=1S/C8H11Cl2NS/c1-8(4-9,5-10)2-7-3-11-6-12-7/h3,6H,2,4-5H2,1H3. The molecule has 0 unspecified atom stereocenters. The maximum Gasteiger partial charge on any atom is 0.0794 e. The van der Waals surface area contributed by atoms with Crippen LogP contribution in [0.3, 0.4) is 0 Å². The Morgan fingerprint density at radius 2 is 2.17 bits per heavy atom. The van der Waals surface area contributed by atoms with Gasteiger partial charge < -0.3 is 0 Å². The van der Waals surface area contributed by atoms with Gasteiger partial charge in [0.1, 0.15) is 0 Å². The van der Waals surface area contributed by atoms with Crippen LogP contribution in [0.15, 0.2) is 11.7 Å². The lowest BCUT2D eigenvalue weighted by atomic mass is 9.91. The van der Waals surface area contributed by atoms with Gasteiger partial charge in [-0.15, -0.1) is 34.5 Å². The highest BCUT2D eigenvalue weighted by Crippen LogP contribution is 2.27. The van der Waals surface area contributed by atoms with E-state index in [4.69, 9.17) is 23.2 Å². The van der Waals surface area contributed by atoms with E-state index in [0.29, 0.717) is 11.8 Å². The van der Waals surface area contributed by atoms with E-state index in [2.05, 4.69) is 11.9 Å². The van der Waals surface area contributed by atoms with Gasteiger partial charge in [-0.1, -0.05) is 6.92 Å². The van der Waals surface area contributed by atoms with Crippen LogP contribution in [-0.4, -0.2) is 16.7 Å². The molecule has 12 heavy (non-hydrogen) atoms. The normalized spacial score (nSPS) is 11.9. The monoisotopic (exact) mass is 223 g/mol. The molecular formula is C8H11Cl2NS. The summed E-state index contributed by atoms with van der Waals surface area (Å²) in [5, 5.41) is 0. The molecule has 0 bridgehead atoms. The summed E-state index contributed by atoms with van der Waals surface area (Å²) in [5.41, 5.74) is 1.84. The molecule has 0 fully saturated rings. The first kappa shape index (κ1) is 10.3. The smallest absolute Gasteiger partial charge is 0.0794 e. The third-order valence-corrected chi connectivity index (χ3v) is 3.80. The number of halogens is 2. The van der Waals surface area contributed by atoms with Gasteiger partial charge in [-0.3, -0.25) is 4.98 Å². The average molecular weight is 224 g/mol. The summed E-state index contributed by atoms with van der Waals surface area (Å²) in [7, 11) is 0. The van der Waals surface area contributed by atoms with E-state index in [-0.39, 0.29) is 5.41 Å². The molecular weight excluding hydrogens is 213 g/mol. The van der Waals surface area contributed by atoms with E-state index < -0.39 is 0 Å². The summed E-state index contributed by atoms with van der Waals surface area (Å²) in [6.07, 6.45) is 2.80. The van der Waals surface area contributed by atoms with Gasteiger partial charge >= 0.3 is 0 Å². The molecule has 0 spiro atoms. The average Bonchev–Trinajstić information content (AvgIpc) is 2.57. The van der Waals surface area contributed by atoms with Crippen LogP contribution in [-0.2, 0) is 6.42 Å². The van der Waals surface area contributed by atoms with Crippen LogP contribution < -0.4 is 0 Å². The van der Waals surface area contributed by atoms with Crippen LogP contribution in [0.2, 0.25) is 0 Å². The van der Waals surface area contributed by atoms with Gasteiger partial charge in [-0.2, -0.15) is 0 Å². The lowest BCUT2D eigenvalue weighted by Crippen LogP contribution is -2.23. The highest BCUT2D eigenvalue weighted by molar-refractivity contribution is 7.09. The molecule has 0 N–H and O–H groups in total. The summed E-state index contributed by atoms with van der Waals surface area (Å²) in [6, 6.07) is 0. The SMILES string of the molecule is CC(CCl)(CCl)Cc1cncs1. The zero-order valence-electron chi connectivity index (χ0n) is 6.89. The highest BCUT2D eigenvalue weighted by Gasteiger charge is 2.23. The Morgan fingerprint density at radius 3 is 2.58 bits per heavy atom.